The number of ether oxygens (including phenoxy) is 1. The van der Waals surface area contributed by atoms with E-state index in [0.29, 0.717) is 28.4 Å². The molecule has 1 fully saturated rings. The van der Waals surface area contributed by atoms with E-state index in [4.69, 9.17) is 16.3 Å². The largest absolute Gasteiger partial charge is 0.481 e. The van der Waals surface area contributed by atoms with Crippen LogP contribution in [0.15, 0.2) is 48.5 Å². The van der Waals surface area contributed by atoms with Crippen LogP contribution in [0.4, 0.5) is 5.69 Å². The van der Waals surface area contributed by atoms with Gasteiger partial charge in [0.15, 0.2) is 6.10 Å². The van der Waals surface area contributed by atoms with Crippen LogP contribution in [0.3, 0.4) is 0 Å². The highest BCUT2D eigenvalue weighted by Crippen LogP contribution is 2.22. The summed E-state index contributed by atoms with van der Waals surface area (Å²) in [4.78, 5) is 27.3. The van der Waals surface area contributed by atoms with Crippen molar-refractivity contribution in [2.45, 2.75) is 32.3 Å². The second-order valence-corrected chi connectivity index (χ2v) is 6.94. The third-order valence-electron chi connectivity index (χ3n) is 4.56. The summed E-state index contributed by atoms with van der Waals surface area (Å²) >= 11 is 5.88. The van der Waals surface area contributed by atoms with E-state index in [9.17, 15) is 9.59 Å². The van der Waals surface area contributed by atoms with Crippen molar-refractivity contribution >= 4 is 29.1 Å². The highest BCUT2D eigenvalue weighted by Gasteiger charge is 2.24. The van der Waals surface area contributed by atoms with Gasteiger partial charge in [-0.25, -0.2) is 0 Å². The molecule has 1 aliphatic heterocycles. The Balaban J connectivity index is 1.72. The molecule has 27 heavy (non-hydrogen) atoms. The molecule has 1 aliphatic rings. The molecule has 0 spiro atoms. The lowest BCUT2D eigenvalue weighted by atomic mass is 10.1. The Morgan fingerprint density at radius 3 is 2.44 bits per heavy atom. The summed E-state index contributed by atoms with van der Waals surface area (Å²) in [7, 11) is 0. The van der Waals surface area contributed by atoms with Crippen LogP contribution in [0.25, 0.3) is 0 Å². The second-order valence-electron chi connectivity index (χ2n) is 6.50. The van der Waals surface area contributed by atoms with E-state index < -0.39 is 6.10 Å². The third kappa shape index (κ3) is 4.80. The van der Waals surface area contributed by atoms with Gasteiger partial charge in [-0.05, 0) is 55.7 Å². The van der Waals surface area contributed by atoms with Gasteiger partial charge in [0, 0.05) is 18.1 Å². The van der Waals surface area contributed by atoms with Crippen LogP contribution in [0, 0.1) is 0 Å². The fourth-order valence-electron chi connectivity index (χ4n) is 3.08. The number of amides is 2. The number of likely N-dealkylation sites (tertiary alicyclic amines) is 1. The van der Waals surface area contributed by atoms with Gasteiger partial charge in [0.25, 0.3) is 11.8 Å². The first-order valence-electron chi connectivity index (χ1n) is 9.20. The summed E-state index contributed by atoms with van der Waals surface area (Å²) in [5.41, 5.74) is 1.02. The van der Waals surface area contributed by atoms with Crippen LogP contribution in [0.5, 0.6) is 5.75 Å². The molecule has 1 saturated heterocycles. The molecule has 2 aromatic rings. The van der Waals surface area contributed by atoms with Crippen molar-refractivity contribution in [1.29, 1.82) is 0 Å². The van der Waals surface area contributed by atoms with Crippen LogP contribution in [0.2, 0.25) is 5.02 Å². The predicted octanol–water partition coefficient (Wildman–Crippen LogP) is 4.37. The molecular formula is C21H23ClN2O3. The lowest BCUT2D eigenvalue weighted by Gasteiger charge is -2.20. The monoisotopic (exact) mass is 386 g/mol. The maximum Gasteiger partial charge on any atom is 0.265 e. The summed E-state index contributed by atoms with van der Waals surface area (Å²) in [6.45, 7) is 3.40. The number of halogens is 1. The van der Waals surface area contributed by atoms with Gasteiger partial charge in [0.2, 0.25) is 0 Å². The van der Waals surface area contributed by atoms with Gasteiger partial charge < -0.3 is 15.0 Å². The minimum Gasteiger partial charge on any atom is -0.481 e. The Bertz CT molecular complexity index is 801. The molecule has 0 unspecified atom stereocenters. The lowest BCUT2D eigenvalue weighted by Crippen LogP contribution is -2.34. The molecule has 0 bridgehead atoms. The zero-order valence-electron chi connectivity index (χ0n) is 15.3. The first-order valence-corrected chi connectivity index (χ1v) is 9.57. The summed E-state index contributed by atoms with van der Waals surface area (Å²) < 4.78 is 5.79. The van der Waals surface area contributed by atoms with Crippen LogP contribution >= 0.6 is 11.6 Å². The molecule has 1 heterocycles. The number of para-hydroxylation sites is 1. The van der Waals surface area contributed by atoms with Crippen LogP contribution in [0.1, 0.15) is 36.5 Å². The smallest absolute Gasteiger partial charge is 0.265 e. The van der Waals surface area contributed by atoms with Crippen molar-refractivity contribution in [2.24, 2.45) is 0 Å². The van der Waals surface area contributed by atoms with E-state index in [1.165, 1.54) is 0 Å². The number of hydrogen-bond donors (Lipinski definition) is 1. The highest BCUT2D eigenvalue weighted by molar-refractivity contribution is 6.30. The average molecular weight is 387 g/mol. The number of anilines is 1. The van der Waals surface area contributed by atoms with E-state index in [0.717, 1.165) is 25.9 Å². The van der Waals surface area contributed by atoms with Gasteiger partial charge in [-0.15, -0.1) is 0 Å². The van der Waals surface area contributed by atoms with Crippen molar-refractivity contribution in [3.05, 3.63) is 59.1 Å². The molecule has 0 aliphatic carbocycles. The Morgan fingerprint density at radius 2 is 1.78 bits per heavy atom. The molecular weight excluding hydrogens is 364 g/mol. The zero-order chi connectivity index (χ0) is 19.2. The number of nitrogens with zero attached hydrogens (tertiary/aromatic N) is 1. The maximum absolute atomic E-state index is 12.7. The highest BCUT2D eigenvalue weighted by atomic mass is 35.5. The first-order chi connectivity index (χ1) is 13.1. The van der Waals surface area contributed by atoms with Crippen LogP contribution < -0.4 is 10.1 Å². The standard InChI is InChI=1S/C21H23ClN2O3/c1-2-19(27-16-11-9-15(22)10-12-16)20(25)23-18-8-4-3-7-17(18)21(26)24-13-5-6-14-24/h3-4,7-12,19H,2,5-6,13-14H2,1H3,(H,23,25)/t19-/m1/s1. The molecule has 1 atom stereocenters. The number of nitrogens with one attached hydrogen (secondary N) is 1. The first kappa shape index (κ1) is 19.2. The van der Waals surface area contributed by atoms with Gasteiger partial charge in [-0.3, -0.25) is 9.59 Å². The number of benzene rings is 2. The minimum absolute atomic E-state index is 0.0462. The quantitative estimate of drug-likeness (QED) is 0.801. The van der Waals surface area contributed by atoms with Crippen LogP contribution in [-0.4, -0.2) is 35.9 Å². The van der Waals surface area contributed by atoms with E-state index >= 15 is 0 Å². The van der Waals surface area contributed by atoms with Crippen molar-refractivity contribution in [3.63, 3.8) is 0 Å². The van der Waals surface area contributed by atoms with Crippen LogP contribution in [-0.2, 0) is 4.79 Å². The molecule has 1 N–H and O–H groups in total. The predicted molar refractivity (Wildman–Crippen MR) is 106 cm³/mol. The maximum atomic E-state index is 12.7. The Labute approximate surface area is 164 Å². The molecule has 0 saturated carbocycles. The Hall–Kier alpha value is -2.53. The normalized spacial score (nSPS) is 14.7. The molecule has 2 aromatic carbocycles. The third-order valence-corrected chi connectivity index (χ3v) is 4.82. The van der Waals surface area contributed by atoms with Crippen molar-refractivity contribution < 1.29 is 14.3 Å². The molecule has 6 heteroatoms. The second kappa shape index (κ2) is 8.91. The van der Waals surface area contributed by atoms with Crippen molar-refractivity contribution in [3.8, 4) is 5.75 Å². The lowest BCUT2D eigenvalue weighted by molar-refractivity contribution is -0.122. The van der Waals surface area contributed by atoms with E-state index in [-0.39, 0.29) is 11.8 Å². The van der Waals surface area contributed by atoms with Gasteiger partial charge in [0.05, 0.1) is 11.3 Å². The van der Waals surface area contributed by atoms with E-state index in [1.807, 2.05) is 11.8 Å². The number of carbonyl (C=O) groups excluding carboxylic acids is 2. The van der Waals surface area contributed by atoms with Gasteiger partial charge >= 0.3 is 0 Å². The molecule has 2 amide bonds. The molecule has 142 valence electrons. The van der Waals surface area contributed by atoms with Gasteiger partial charge in [0.1, 0.15) is 5.75 Å². The van der Waals surface area contributed by atoms with Gasteiger partial charge in [-0.1, -0.05) is 30.7 Å². The summed E-state index contributed by atoms with van der Waals surface area (Å²) in [5.74, 6) is 0.243. The number of hydrogen-bond acceptors (Lipinski definition) is 3. The fraction of sp³-hybridized carbons (Fsp3) is 0.333. The minimum atomic E-state index is -0.666. The Kier molecular flexibility index (Phi) is 6.35. The number of carbonyl (C=O) groups is 2. The summed E-state index contributed by atoms with van der Waals surface area (Å²) in [6.07, 6.45) is 1.87. The SMILES string of the molecule is CC[C@@H](Oc1ccc(Cl)cc1)C(=O)Nc1ccccc1C(=O)N1CCCC1. The van der Waals surface area contributed by atoms with E-state index in [1.54, 1.807) is 48.5 Å². The fourth-order valence-corrected chi connectivity index (χ4v) is 3.21. The number of rotatable bonds is 6. The molecule has 5 nitrogen and oxygen atoms in total. The topological polar surface area (TPSA) is 58.6 Å². The molecule has 0 radical (unpaired) electrons. The Morgan fingerprint density at radius 1 is 1.11 bits per heavy atom. The van der Waals surface area contributed by atoms with Crippen molar-refractivity contribution in [2.75, 3.05) is 18.4 Å². The van der Waals surface area contributed by atoms with Crippen molar-refractivity contribution in [1.82, 2.24) is 4.90 Å². The van der Waals surface area contributed by atoms with Gasteiger partial charge in [-0.2, -0.15) is 0 Å². The molecule has 0 aromatic heterocycles. The summed E-state index contributed by atoms with van der Waals surface area (Å²) in [6, 6.07) is 14.0. The zero-order valence-corrected chi connectivity index (χ0v) is 16.0. The summed E-state index contributed by atoms with van der Waals surface area (Å²) in [5, 5.41) is 3.47. The molecule has 3 rings (SSSR count). The van der Waals surface area contributed by atoms with E-state index in [2.05, 4.69) is 5.32 Å². The average Bonchev–Trinajstić information content (AvgIpc) is 3.22.